The van der Waals surface area contributed by atoms with Gasteiger partial charge in [0.05, 0.1) is 13.1 Å². The molecular formula is C9H14F2N4O. The van der Waals surface area contributed by atoms with E-state index in [1.807, 2.05) is 0 Å². The van der Waals surface area contributed by atoms with Crippen LogP contribution in [0.4, 0.5) is 14.6 Å². The van der Waals surface area contributed by atoms with Gasteiger partial charge in [0.25, 0.3) is 11.5 Å². The monoisotopic (exact) mass is 232 g/mol. The second-order valence-electron chi connectivity index (χ2n) is 3.28. The Bertz CT molecular complexity index is 405. The van der Waals surface area contributed by atoms with Gasteiger partial charge in [0.2, 0.25) is 0 Å². The zero-order valence-electron chi connectivity index (χ0n) is 8.91. The quantitative estimate of drug-likeness (QED) is 0.764. The molecule has 0 bridgehead atoms. The molecule has 0 fully saturated rings. The molecule has 1 rings (SSSR count). The van der Waals surface area contributed by atoms with Crippen molar-refractivity contribution in [3.05, 3.63) is 22.7 Å². The molecule has 0 saturated carbocycles. The lowest BCUT2D eigenvalue weighted by atomic mass is 10.3. The first-order chi connectivity index (χ1) is 7.50. The SMILES string of the molecule is CCn1ccnc(NCC(F)(F)CN)c1=O. The second-order valence-corrected chi connectivity index (χ2v) is 3.28. The van der Waals surface area contributed by atoms with Gasteiger partial charge in [-0.1, -0.05) is 0 Å². The maximum Gasteiger partial charge on any atom is 0.293 e. The standard InChI is InChI=1S/C9H14F2N4O/c1-2-15-4-3-13-7(8(15)16)14-6-9(10,11)5-12/h3-4H,2,5-6,12H2,1H3,(H,13,14). The van der Waals surface area contributed by atoms with Crippen LogP contribution in [0.3, 0.4) is 0 Å². The van der Waals surface area contributed by atoms with Gasteiger partial charge in [-0.25, -0.2) is 13.8 Å². The summed E-state index contributed by atoms with van der Waals surface area (Å²) in [7, 11) is 0. The van der Waals surface area contributed by atoms with Gasteiger partial charge in [0.1, 0.15) is 0 Å². The molecule has 3 N–H and O–H groups in total. The first-order valence-electron chi connectivity index (χ1n) is 4.87. The summed E-state index contributed by atoms with van der Waals surface area (Å²) in [5.41, 5.74) is 4.45. The zero-order chi connectivity index (χ0) is 12.2. The number of nitrogens with zero attached hydrogens (tertiary/aromatic N) is 2. The van der Waals surface area contributed by atoms with Crippen LogP contribution in [-0.4, -0.2) is 28.6 Å². The molecule has 1 aromatic heterocycles. The van der Waals surface area contributed by atoms with Crippen LogP contribution in [0.2, 0.25) is 0 Å². The van der Waals surface area contributed by atoms with Crippen molar-refractivity contribution >= 4 is 5.82 Å². The first-order valence-corrected chi connectivity index (χ1v) is 4.87. The molecule has 0 atom stereocenters. The summed E-state index contributed by atoms with van der Waals surface area (Å²) in [5.74, 6) is -3.13. The topological polar surface area (TPSA) is 72.9 Å². The maximum absolute atomic E-state index is 12.8. The number of hydrogen-bond donors (Lipinski definition) is 2. The number of alkyl halides is 2. The Morgan fingerprint density at radius 3 is 2.88 bits per heavy atom. The molecule has 1 aromatic rings. The number of nitrogens with two attached hydrogens (primary N) is 1. The summed E-state index contributed by atoms with van der Waals surface area (Å²) in [6, 6.07) is 0. The number of rotatable bonds is 5. The minimum absolute atomic E-state index is 0.0857. The molecule has 0 saturated heterocycles. The summed E-state index contributed by atoms with van der Waals surface area (Å²) in [6.07, 6.45) is 2.88. The van der Waals surface area contributed by atoms with E-state index in [2.05, 4.69) is 10.3 Å². The van der Waals surface area contributed by atoms with Gasteiger partial charge in [-0.15, -0.1) is 0 Å². The van der Waals surface area contributed by atoms with Crippen molar-refractivity contribution in [2.45, 2.75) is 19.4 Å². The Hall–Kier alpha value is -1.50. The first kappa shape index (κ1) is 12.6. The Kier molecular flexibility index (Phi) is 3.94. The maximum atomic E-state index is 12.8. The van der Waals surface area contributed by atoms with E-state index in [0.717, 1.165) is 0 Å². The highest BCUT2D eigenvalue weighted by atomic mass is 19.3. The molecule has 90 valence electrons. The van der Waals surface area contributed by atoms with Crippen molar-refractivity contribution in [3.63, 3.8) is 0 Å². The van der Waals surface area contributed by atoms with Gasteiger partial charge < -0.3 is 15.6 Å². The number of aromatic nitrogens is 2. The Morgan fingerprint density at radius 2 is 2.31 bits per heavy atom. The van der Waals surface area contributed by atoms with Gasteiger partial charge >= 0.3 is 0 Å². The molecule has 0 aliphatic rings. The smallest absolute Gasteiger partial charge is 0.293 e. The third-order valence-electron chi connectivity index (χ3n) is 2.07. The van der Waals surface area contributed by atoms with Gasteiger partial charge in [0.15, 0.2) is 5.82 Å². The van der Waals surface area contributed by atoms with E-state index in [1.165, 1.54) is 17.0 Å². The highest BCUT2D eigenvalue weighted by Crippen LogP contribution is 2.10. The van der Waals surface area contributed by atoms with Gasteiger partial charge in [0, 0.05) is 18.9 Å². The van der Waals surface area contributed by atoms with Gasteiger partial charge in [-0.05, 0) is 6.92 Å². The average molecular weight is 232 g/mol. The van der Waals surface area contributed by atoms with Crippen LogP contribution in [0, 0.1) is 0 Å². The Labute approximate surface area is 91.3 Å². The highest BCUT2D eigenvalue weighted by Gasteiger charge is 2.26. The van der Waals surface area contributed by atoms with E-state index >= 15 is 0 Å². The Morgan fingerprint density at radius 1 is 1.62 bits per heavy atom. The van der Waals surface area contributed by atoms with Crippen molar-refractivity contribution in [1.82, 2.24) is 9.55 Å². The van der Waals surface area contributed by atoms with Crippen molar-refractivity contribution in [2.75, 3.05) is 18.4 Å². The minimum Gasteiger partial charge on any atom is -0.359 e. The molecule has 5 nitrogen and oxygen atoms in total. The summed E-state index contributed by atoms with van der Waals surface area (Å²) < 4.78 is 27.0. The van der Waals surface area contributed by atoms with Crippen LogP contribution in [0.15, 0.2) is 17.2 Å². The van der Waals surface area contributed by atoms with E-state index < -0.39 is 24.6 Å². The predicted octanol–water partition coefficient (Wildman–Crippen LogP) is 0.269. The van der Waals surface area contributed by atoms with Crippen molar-refractivity contribution in [3.8, 4) is 0 Å². The Balaban J connectivity index is 2.79. The number of nitrogens with one attached hydrogen (secondary N) is 1. The lowest BCUT2D eigenvalue weighted by molar-refractivity contribution is 0.0253. The largest absolute Gasteiger partial charge is 0.359 e. The predicted molar refractivity (Wildman–Crippen MR) is 56.7 cm³/mol. The molecule has 0 aliphatic carbocycles. The molecule has 0 amide bonds. The van der Waals surface area contributed by atoms with Crippen molar-refractivity contribution in [1.29, 1.82) is 0 Å². The third-order valence-corrected chi connectivity index (χ3v) is 2.07. The molecule has 0 aromatic carbocycles. The van der Waals surface area contributed by atoms with Gasteiger partial charge in [-0.2, -0.15) is 0 Å². The van der Waals surface area contributed by atoms with E-state index in [9.17, 15) is 13.6 Å². The molecule has 0 unspecified atom stereocenters. The van der Waals surface area contributed by atoms with Crippen molar-refractivity contribution in [2.24, 2.45) is 5.73 Å². The zero-order valence-corrected chi connectivity index (χ0v) is 8.91. The molecule has 0 spiro atoms. The summed E-state index contributed by atoms with van der Waals surface area (Å²) >= 11 is 0. The minimum atomic E-state index is -3.04. The van der Waals surface area contributed by atoms with Crippen LogP contribution < -0.4 is 16.6 Å². The van der Waals surface area contributed by atoms with E-state index in [4.69, 9.17) is 5.73 Å². The normalized spacial score (nSPS) is 11.5. The fraction of sp³-hybridized carbons (Fsp3) is 0.556. The fourth-order valence-corrected chi connectivity index (χ4v) is 1.10. The number of hydrogen-bond acceptors (Lipinski definition) is 4. The third kappa shape index (κ3) is 2.99. The molecule has 16 heavy (non-hydrogen) atoms. The van der Waals surface area contributed by atoms with Gasteiger partial charge in [-0.3, -0.25) is 4.79 Å². The summed E-state index contributed by atoms with van der Waals surface area (Å²) in [5, 5.41) is 2.30. The summed E-state index contributed by atoms with van der Waals surface area (Å²) in [4.78, 5) is 15.3. The summed E-state index contributed by atoms with van der Waals surface area (Å²) in [6.45, 7) is 0.775. The second kappa shape index (κ2) is 5.02. The van der Waals surface area contributed by atoms with Crippen LogP contribution in [0.5, 0.6) is 0 Å². The van der Waals surface area contributed by atoms with Crippen LogP contribution in [0.25, 0.3) is 0 Å². The van der Waals surface area contributed by atoms with E-state index in [-0.39, 0.29) is 5.82 Å². The molecule has 0 aliphatic heterocycles. The van der Waals surface area contributed by atoms with Crippen LogP contribution in [-0.2, 0) is 6.54 Å². The molecular weight excluding hydrogens is 218 g/mol. The molecule has 7 heteroatoms. The number of aryl methyl sites for hydroxylation is 1. The number of halogens is 2. The lowest BCUT2D eigenvalue weighted by Gasteiger charge is -2.14. The number of anilines is 1. The fourth-order valence-electron chi connectivity index (χ4n) is 1.10. The molecule has 0 radical (unpaired) electrons. The lowest BCUT2D eigenvalue weighted by Crippen LogP contribution is -2.37. The molecule has 1 heterocycles. The average Bonchev–Trinajstić information content (AvgIpc) is 2.28. The van der Waals surface area contributed by atoms with Crippen LogP contribution in [0.1, 0.15) is 6.92 Å². The van der Waals surface area contributed by atoms with Crippen molar-refractivity contribution < 1.29 is 8.78 Å². The van der Waals surface area contributed by atoms with Crippen LogP contribution >= 0.6 is 0 Å². The van der Waals surface area contributed by atoms with E-state index in [1.54, 1.807) is 6.92 Å². The highest BCUT2D eigenvalue weighted by molar-refractivity contribution is 5.31. The van der Waals surface area contributed by atoms with E-state index in [0.29, 0.717) is 6.54 Å².